The number of rotatable bonds is 17. The van der Waals surface area contributed by atoms with Crippen LogP contribution in [0.15, 0.2) is 60.9 Å². The third-order valence-corrected chi connectivity index (χ3v) is 10.8. The molecule has 0 saturated heterocycles. The molecule has 0 fully saturated rings. The Morgan fingerprint density at radius 1 is 0.635 bits per heavy atom. The van der Waals surface area contributed by atoms with Gasteiger partial charge in [0.1, 0.15) is 22.1 Å². The number of nitrogens with one attached hydrogen (secondary N) is 2. The van der Waals surface area contributed by atoms with Gasteiger partial charge in [0, 0.05) is 25.5 Å². The van der Waals surface area contributed by atoms with Gasteiger partial charge in [-0.3, -0.25) is 19.2 Å². The van der Waals surface area contributed by atoms with Gasteiger partial charge < -0.3 is 20.4 Å². The van der Waals surface area contributed by atoms with Crippen molar-refractivity contribution in [3.63, 3.8) is 0 Å². The van der Waals surface area contributed by atoms with E-state index >= 15 is 0 Å². The van der Waals surface area contributed by atoms with Crippen molar-refractivity contribution in [2.45, 2.75) is 93.4 Å². The maximum atomic E-state index is 13.4. The third kappa shape index (κ3) is 10.3. The van der Waals surface area contributed by atoms with Crippen LogP contribution in [0, 0.1) is 10.8 Å². The van der Waals surface area contributed by atoms with E-state index in [2.05, 4.69) is 69.1 Å². The minimum atomic E-state index is -0.615. The fourth-order valence-corrected chi connectivity index (χ4v) is 7.85. The summed E-state index contributed by atoms with van der Waals surface area (Å²) in [5.74, 6) is -0.206. The summed E-state index contributed by atoms with van der Waals surface area (Å²) >= 11 is 3.13. The highest BCUT2D eigenvalue weighted by atomic mass is 32.1. The Bertz CT molecular complexity index is 1660. The first-order chi connectivity index (χ1) is 24.7. The van der Waals surface area contributed by atoms with Gasteiger partial charge in [-0.1, -0.05) is 104 Å². The van der Waals surface area contributed by atoms with E-state index in [1.165, 1.54) is 0 Å². The molecule has 2 N–H and O–H groups in total. The molecule has 2 aromatic heterocycles. The maximum absolute atomic E-state index is 13.4. The predicted octanol–water partition coefficient (Wildman–Crippen LogP) is 7.40. The van der Waals surface area contributed by atoms with Crippen LogP contribution in [0.1, 0.15) is 78.2 Å². The Morgan fingerprint density at radius 2 is 0.962 bits per heavy atom. The first-order valence-electron chi connectivity index (χ1n) is 17.8. The van der Waals surface area contributed by atoms with Gasteiger partial charge in [0.15, 0.2) is 0 Å². The zero-order chi connectivity index (χ0) is 38.1. The number of carbonyl (C=O) groups is 4. The van der Waals surface area contributed by atoms with Gasteiger partial charge in [0.2, 0.25) is 24.6 Å². The lowest BCUT2D eigenvalue weighted by Gasteiger charge is -2.33. The molecule has 12 heteroatoms. The van der Waals surface area contributed by atoms with Gasteiger partial charge in [-0.25, -0.2) is 9.97 Å². The molecule has 4 amide bonds. The van der Waals surface area contributed by atoms with Gasteiger partial charge in [-0.15, -0.1) is 22.7 Å². The highest BCUT2D eigenvalue weighted by Gasteiger charge is 2.35. The first kappa shape index (κ1) is 40.4. The number of aromatic nitrogens is 2. The van der Waals surface area contributed by atoms with Crippen molar-refractivity contribution < 1.29 is 19.2 Å². The summed E-state index contributed by atoms with van der Waals surface area (Å²) in [5, 5.41) is 7.12. The lowest BCUT2D eigenvalue weighted by molar-refractivity contribution is -0.138. The zero-order valence-corrected chi connectivity index (χ0v) is 33.2. The molecule has 4 rings (SSSR count). The summed E-state index contributed by atoms with van der Waals surface area (Å²) in [6, 6.07) is 15.5. The molecule has 10 nitrogen and oxygen atoms in total. The van der Waals surface area contributed by atoms with Crippen LogP contribution in [0.4, 0.5) is 0 Å². The average molecular weight is 745 g/mol. The molecular weight excluding hydrogens is 693 g/mol. The maximum Gasteiger partial charge on any atom is 0.246 e. The van der Waals surface area contributed by atoms with E-state index in [4.69, 9.17) is 0 Å². The van der Waals surface area contributed by atoms with Crippen molar-refractivity contribution in [3.8, 4) is 32.0 Å². The van der Waals surface area contributed by atoms with Crippen molar-refractivity contribution in [1.82, 2.24) is 30.4 Å². The number of thiazole rings is 2. The molecule has 2 heterocycles. The van der Waals surface area contributed by atoms with Crippen molar-refractivity contribution in [2.24, 2.45) is 10.8 Å². The standard InChI is InChI=1S/C40H52N6O4S2/c1-9-19-45(37(49)35(43-25-47)39(3,4)5)23-33-41-21-31(51-33)29-15-11-27(12-16-29)28-13-17-30(18-14-28)32-22-42-34(52-32)24-46(20-10-2)38(50)36(44-26-48)40(6,7)8/h11-18,21-22,25-26,35-36H,9-10,19-20,23-24H2,1-8H3,(H,43,47)(H,44,48)/t35-,36-/m1/s1. The summed E-state index contributed by atoms with van der Waals surface area (Å²) in [6.45, 7) is 17.7. The van der Waals surface area contributed by atoms with Crippen LogP contribution >= 0.6 is 22.7 Å². The SMILES string of the molecule is CCCN(Cc1ncc(-c2ccc(-c3ccc(-c4cnc(CN(CCC)C(=O)[C@@H](NC=O)C(C)(C)C)s4)cc3)cc2)s1)C(=O)[C@@H](NC=O)C(C)(C)C. The summed E-state index contributed by atoms with van der Waals surface area (Å²) in [5.41, 5.74) is 3.45. The van der Waals surface area contributed by atoms with Crippen LogP contribution in [0.2, 0.25) is 0 Å². The molecule has 0 aliphatic rings. The van der Waals surface area contributed by atoms with Gasteiger partial charge in [-0.2, -0.15) is 0 Å². The summed E-state index contributed by atoms with van der Waals surface area (Å²) in [6.07, 6.45) is 6.52. The molecule has 0 spiro atoms. The Morgan fingerprint density at radius 3 is 1.25 bits per heavy atom. The van der Waals surface area contributed by atoms with Crippen LogP contribution in [0.25, 0.3) is 32.0 Å². The molecule has 4 aromatic rings. The molecule has 0 radical (unpaired) electrons. The Balaban J connectivity index is 1.43. The topological polar surface area (TPSA) is 125 Å². The number of benzene rings is 2. The minimum absolute atomic E-state index is 0.103. The first-order valence-corrected chi connectivity index (χ1v) is 19.4. The lowest BCUT2D eigenvalue weighted by Crippen LogP contribution is -2.52. The number of hydrogen-bond acceptors (Lipinski definition) is 8. The second-order valence-corrected chi connectivity index (χ2v) is 17.3. The lowest BCUT2D eigenvalue weighted by atomic mass is 9.86. The van der Waals surface area contributed by atoms with Crippen molar-refractivity contribution in [2.75, 3.05) is 13.1 Å². The van der Waals surface area contributed by atoms with Gasteiger partial charge in [0.05, 0.1) is 22.8 Å². The van der Waals surface area contributed by atoms with Crippen LogP contribution in [-0.4, -0.2) is 69.6 Å². The quantitative estimate of drug-likeness (QED) is 0.109. The Kier molecular flexibility index (Phi) is 13.9. The van der Waals surface area contributed by atoms with E-state index < -0.39 is 22.9 Å². The molecule has 0 aliphatic heterocycles. The average Bonchev–Trinajstić information content (AvgIpc) is 3.78. The molecule has 52 heavy (non-hydrogen) atoms. The molecule has 0 bridgehead atoms. The fraction of sp³-hybridized carbons (Fsp3) is 0.450. The molecule has 0 aliphatic carbocycles. The Labute approximate surface area is 316 Å². The minimum Gasteiger partial charge on any atom is -0.346 e. The molecule has 2 aromatic carbocycles. The summed E-state index contributed by atoms with van der Waals surface area (Å²) in [4.78, 5) is 64.3. The molecule has 2 atom stereocenters. The van der Waals surface area contributed by atoms with Crippen molar-refractivity contribution >= 4 is 47.3 Å². The van der Waals surface area contributed by atoms with E-state index in [0.717, 1.165) is 54.9 Å². The van der Waals surface area contributed by atoms with E-state index in [9.17, 15) is 19.2 Å². The summed E-state index contributed by atoms with van der Waals surface area (Å²) in [7, 11) is 0. The normalized spacial score (nSPS) is 12.8. The van der Waals surface area contributed by atoms with Crippen LogP contribution in [0.5, 0.6) is 0 Å². The number of amides is 4. The highest BCUT2D eigenvalue weighted by Crippen LogP contribution is 2.33. The fourth-order valence-electron chi connectivity index (χ4n) is 5.97. The van der Waals surface area contributed by atoms with Crippen LogP contribution < -0.4 is 10.6 Å². The smallest absolute Gasteiger partial charge is 0.246 e. The zero-order valence-electron chi connectivity index (χ0n) is 31.6. The largest absolute Gasteiger partial charge is 0.346 e. The molecule has 278 valence electrons. The number of hydrogen-bond donors (Lipinski definition) is 2. The molecule has 0 unspecified atom stereocenters. The third-order valence-electron chi connectivity index (χ3n) is 8.74. The van der Waals surface area contributed by atoms with Crippen molar-refractivity contribution in [3.05, 3.63) is 70.9 Å². The molecular formula is C40H52N6O4S2. The predicted molar refractivity (Wildman–Crippen MR) is 210 cm³/mol. The van der Waals surface area contributed by atoms with Crippen molar-refractivity contribution in [1.29, 1.82) is 0 Å². The van der Waals surface area contributed by atoms with Crippen LogP contribution in [-0.2, 0) is 32.3 Å². The highest BCUT2D eigenvalue weighted by molar-refractivity contribution is 7.15. The van der Waals surface area contributed by atoms with E-state index in [0.29, 0.717) is 39.0 Å². The van der Waals surface area contributed by atoms with Crippen LogP contribution in [0.3, 0.4) is 0 Å². The van der Waals surface area contributed by atoms with Gasteiger partial charge >= 0.3 is 0 Å². The number of carbonyl (C=O) groups excluding carboxylic acids is 4. The van der Waals surface area contributed by atoms with E-state index in [1.807, 2.05) is 67.8 Å². The number of nitrogens with zero attached hydrogens (tertiary/aromatic N) is 4. The molecule has 0 saturated carbocycles. The second kappa shape index (κ2) is 17.9. The van der Waals surface area contributed by atoms with Gasteiger partial charge in [0.25, 0.3) is 0 Å². The van der Waals surface area contributed by atoms with E-state index in [1.54, 1.807) is 32.5 Å². The van der Waals surface area contributed by atoms with E-state index in [-0.39, 0.29) is 11.8 Å². The monoisotopic (exact) mass is 744 g/mol. The second-order valence-electron chi connectivity index (χ2n) is 15.1. The Hall–Kier alpha value is -4.42. The summed E-state index contributed by atoms with van der Waals surface area (Å²) < 4.78 is 0. The van der Waals surface area contributed by atoms with Gasteiger partial charge in [-0.05, 0) is 45.9 Å².